The van der Waals surface area contributed by atoms with Gasteiger partial charge in [0.2, 0.25) is 5.91 Å². The first kappa shape index (κ1) is 12.5. The van der Waals surface area contributed by atoms with E-state index in [0.717, 1.165) is 19.3 Å². The molecule has 0 aromatic rings. The van der Waals surface area contributed by atoms with Crippen LogP contribution in [0.3, 0.4) is 0 Å². The summed E-state index contributed by atoms with van der Waals surface area (Å²) >= 11 is 0. The first-order valence-electron chi connectivity index (χ1n) is 5.67. The third-order valence-corrected chi connectivity index (χ3v) is 2.98. The van der Waals surface area contributed by atoms with Gasteiger partial charge in [0.05, 0.1) is 12.5 Å². The Morgan fingerprint density at radius 2 is 2.33 bits per heavy atom. The smallest absolute Gasteiger partial charge is 0.224 e. The highest BCUT2D eigenvalue weighted by atomic mass is 16.5. The van der Waals surface area contributed by atoms with Gasteiger partial charge in [-0.05, 0) is 18.8 Å². The van der Waals surface area contributed by atoms with E-state index < -0.39 is 0 Å². The minimum Gasteiger partial charge on any atom is -0.384 e. The highest BCUT2D eigenvalue weighted by Crippen LogP contribution is 2.23. The van der Waals surface area contributed by atoms with Crippen molar-refractivity contribution in [3.8, 4) is 0 Å². The quantitative estimate of drug-likeness (QED) is 0.701. The van der Waals surface area contributed by atoms with E-state index in [-0.39, 0.29) is 17.9 Å². The maximum Gasteiger partial charge on any atom is 0.224 e. The molecule has 1 rings (SSSR count). The maximum absolute atomic E-state index is 11.7. The Bertz CT molecular complexity index is 209. The molecule has 1 fully saturated rings. The Balaban J connectivity index is 2.23. The van der Waals surface area contributed by atoms with E-state index in [4.69, 9.17) is 10.5 Å². The van der Waals surface area contributed by atoms with Crippen molar-refractivity contribution in [2.75, 3.05) is 20.3 Å². The molecule has 0 aromatic heterocycles. The van der Waals surface area contributed by atoms with Crippen molar-refractivity contribution in [1.29, 1.82) is 0 Å². The highest BCUT2D eigenvalue weighted by Gasteiger charge is 2.29. The van der Waals surface area contributed by atoms with Crippen LogP contribution in [0.5, 0.6) is 0 Å². The van der Waals surface area contributed by atoms with E-state index in [2.05, 4.69) is 12.2 Å². The normalized spacial score (nSPS) is 27.7. The Labute approximate surface area is 91.5 Å². The number of amides is 1. The van der Waals surface area contributed by atoms with Gasteiger partial charge in [-0.3, -0.25) is 4.79 Å². The Hall–Kier alpha value is -0.610. The molecule has 0 spiro atoms. The lowest BCUT2D eigenvalue weighted by Crippen LogP contribution is -2.40. The zero-order chi connectivity index (χ0) is 11.3. The van der Waals surface area contributed by atoms with Gasteiger partial charge in [0.1, 0.15) is 0 Å². The lowest BCUT2D eigenvalue weighted by Gasteiger charge is -2.17. The van der Waals surface area contributed by atoms with E-state index >= 15 is 0 Å². The molecule has 1 amide bonds. The fourth-order valence-corrected chi connectivity index (χ4v) is 2.06. The van der Waals surface area contributed by atoms with Crippen molar-refractivity contribution in [2.45, 2.75) is 32.2 Å². The van der Waals surface area contributed by atoms with Gasteiger partial charge < -0.3 is 15.8 Å². The van der Waals surface area contributed by atoms with Crippen LogP contribution in [0.25, 0.3) is 0 Å². The fraction of sp³-hybridized carbons (Fsp3) is 0.909. The largest absolute Gasteiger partial charge is 0.384 e. The van der Waals surface area contributed by atoms with Crippen LogP contribution in [0, 0.1) is 11.8 Å². The molecular weight excluding hydrogens is 192 g/mol. The molecule has 0 heterocycles. The van der Waals surface area contributed by atoms with E-state index in [1.807, 2.05) is 0 Å². The topological polar surface area (TPSA) is 64.3 Å². The number of carbonyl (C=O) groups excluding carboxylic acids is 1. The molecule has 1 aliphatic carbocycles. The van der Waals surface area contributed by atoms with Crippen molar-refractivity contribution in [1.82, 2.24) is 5.32 Å². The second-order valence-electron chi connectivity index (χ2n) is 4.51. The molecule has 4 heteroatoms. The number of hydrogen-bond acceptors (Lipinski definition) is 3. The van der Waals surface area contributed by atoms with Crippen LogP contribution in [0.2, 0.25) is 0 Å². The molecule has 0 aromatic carbocycles. The molecule has 3 N–H and O–H groups in total. The summed E-state index contributed by atoms with van der Waals surface area (Å²) in [5, 5.41) is 2.94. The van der Waals surface area contributed by atoms with Crippen LogP contribution in [-0.2, 0) is 9.53 Å². The summed E-state index contributed by atoms with van der Waals surface area (Å²) in [7, 11) is 1.67. The maximum atomic E-state index is 11.7. The molecule has 0 saturated heterocycles. The van der Waals surface area contributed by atoms with Crippen molar-refractivity contribution < 1.29 is 9.53 Å². The van der Waals surface area contributed by atoms with Crippen molar-refractivity contribution >= 4 is 5.91 Å². The molecule has 1 aliphatic rings. The number of rotatable bonds is 5. The predicted molar refractivity (Wildman–Crippen MR) is 59.4 cm³/mol. The van der Waals surface area contributed by atoms with Crippen LogP contribution < -0.4 is 11.1 Å². The summed E-state index contributed by atoms with van der Waals surface area (Å²) in [6.07, 6.45) is 2.99. The van der Waals surface area contributed by atoms with Gasteiger partial charge >= 0.3 is 0 Å². The predicted octanol–water partition coefficient (Wildman–Crippen LogP) is 0.513. The summed E-state index contributed by atoms with van der Waals surface area (Å²) < 4.78 is 5.01. The van der Waals surface area contributed by atoms with Crippen LogP contribution in [-0.4, -0.2) is 32.2 Å². The van der Waals surface area contributed by atoms with Gasteiger partial charge in [0.15, 0.2) is 0 Å². The number of ether oxygens (including phenoxy) is 1. The van der Waals surface area contributed by atoms with Gasteiger partial charge in [0, 0.05) is 19.7 Å². The van der Waals surface area contributed by atoms with Crippen molar-refractivity contribution in [3.05, 3.63) is 0 Å². The molecule has 3 atom stereocenters. The number of nitrogens with one attached hydrogen (secondary N) is 1. The highest BCUT2D eigenvalue weighted by molar-refractivity contribution is 5.79. The van der Waals surface area contributed by atoms with Crippen LogP contribution >= 0.6 is 0 Å². The van der Waals surface area contributed by atoms with Crippen molar-refractivity contribution in [2.24, 2.45) is 17.6 Å². The number of hydrogen-bond donors (Lipinski definition) is 2. The number of methoxy groups -OCH3 is 1. The second-order valence-corrected chi connectivity index (χ2v) is 4.51. The first-order valence-corrected chi connectivity index (χ1v) is 5.67. The van der Waals surface area contributed by atoms with Gasteiger partial charge in [-0.15, -0.1) is 0 Å². The third-order valence-electron chi connectivity index (χ3n) is 2.98. The van der Waals surface area contributed by atoms with Gasteiger partial charge in [-0.1, -0.05) is 13.3 Å². The van der Waals surface area contributed by atoms with Crippen LogP contribution in [0.1, 0.15) is 26.2 Å². The average molecular weight is 214 g/mol. The van der Waals surface area contributed by atoms with E-state index in [1.54, 1.807) is 7.11 Å². The molecule has 88 valence electrons. The van der Waals surface area contributed by atoms with Crippen LogP contribution in [0.15, 0.2) is 0 Å². The Kier molecular flexibility index (Phi) is 5.05. The third kappa shape index (κ3) is 3.80. The van der Waals surface area contributed by atoms with Gasteiger partial charge in [-0.2, -0.15) is 0 Å². The Morgan fingerprint density at radius 1 is 1.60 bits per heavy atom. The summed E-state index contributed by atoms with van der Waals surface area (Å²) in [5.74, 6) is 0.499. The zero-order valence-electron chi connectivity index (χ0n) is 9.66. The second kappa shape index (κ2) is 6.08. The van der Waals surface area contributed by atoms with Crippen molar-refractivity contribution in [3.63, 3.8) is 0 Å². The van der Waals surface area contributed by atoms with E-state index in [1.165, 1.54) is 0 Å². The number of carbonyl (C=O) groups is 1. The first-order chi connectivity index (χ1) is 7.15. The summed E-state index contributed by atoms with van der Waals surface area (Å²) in [4.78, 5) is 11.7. The van der Waals surface area contributed by atoms with Gasteiger partial charge in [-0.25, -0.2) is 0 Å². The molecular formula is C11H22N2O2. The van der Waals surface area contributed by atoms with Gasteiger partial charge in [0.25, 0.3) is 0 Å². The molecule has 0 radical (unpaired) electrons. The minimum absolute atomic E-state index is 0.0275. The van der Waals surface area contributed by atoms with Crippen LogP contribution in [0.4, 0.5) is 0 Å². The fourth-order valence-electron chi connectivity index (χ4n) is 2.06. The molecule has 4 nitrogen and oxygen atoms in total. The average Bonchev–Trinajstić information content (AvgIpc) is 2.61. The monoisotopic (exact) mass is 214 g/mol. The Morgan fingerprint density at radius 3 is 2.87 bits per heavy atom. The zero-order valence-corrected chi connectivity index (χ0v) is 9.66. The summed E-state index contributed by atoms with van der Waals surface area (Å²) in [6.45, 7) is 3.41. The number of nitrogens with two attached hydrogens (primary N) is 1. The molecule has 1 saturated carbocycles. The molecule has 3 unspecified atom stereocenters. The summed E-state index contributed by atoms with van der Waals surface area (Å²) in [6, 6.07) is 0.0581. The summed E-state index contributed by atoms with van der Waals surface area (Å²) in [5.41, 5.74) is 5.86. The molecule has 15 heavy (non-hydrogen) atoms. The molecule has 0 aliphatic heterocycles. The standard InChI is InChI=1S/C11H22N2O2/c1-8(7-15-2)6-13-11(14)9-4-3-5-10(9)12/h8-10H,3-7,12H2,1-2H3,(H,13,14). The lowest BCUT2D eigenvalue weighted by molar-refractivity contribution is -0.125. The van der Waals surface area contributed by atoms with E-state index in [0.29, 0.717) is 19.1 Å². The minimum atomic E-state index is 0.0275. The SMILES string of the molecule is COCC(C)CNC(=O)C1CCCC1N. The molecule has 0 bridgehead atoms. The lowest BCUT2D eigenvalue weighted by atomic mass is 10.0. The van der Waals surface area contributed by atoms with E-state index in [9.17, 15) is 4.79 Å².